The lowest BCUT2D eigenvalue weighted by atomic mass is 10.1. The first kappa shape index (κ1) is 20.7. The molecule has 1 saturated heterocycles. The van der Waals surface area contributed by atoms with Gasteiger partial charge in [-0.2, -0.15) is 0 Å². The van der Waals surface area contributed by atoms with Gasteiger partial charge in [-0.25, -0.2) is 4.79 Å². The number of aromatic nitrogens is 1. The van der Waals surface area contributed by atoms with E-state index in [1.807, 2.05) is 32.0 Å². The maximum absolute atomic E-state index is 12.9. The number of anilines is 1. The Hall–Kier alpha value is -3.55. The highest BCUT2D eigenvalue weighted by atomic mass is 16.3. The summed E-state index contributed by atoms with van der Waals surface area (Å²) >= 11 is 0. The molecule has 3 aromatic rings. The highest BCUT2D eigenvalue weighted by molar-refractivity contribution is 6.01. The van der Waals surface area contributed by atoms with Gasteiger partial charge in [0, 0.05) is 49.7 Å². The first-order valence-electron chi connectivity index (χ1n) is 10.4. The van der Waals surface area contributed by atoms with Crippen LogP contribution < -0.4 is 10.9 Å². The molecule has 0 atom stereocenters. The van der Waals surface area contributed by atoms with Gasteiger partial charge in [0.15, 0.2) is 5.76 Å². The summed E-state index contributed by atoms with van der Waals surface area (Å²) in [6.07, 6.45) is 3.19. The fraction of sp³-hybridized carbons (Fsp3) is 0.348. The lowest BCUT2D eigenvalue weighted by Crippen LogP contribution is -2.51. The monoisotopic (exact) mass is 422 g/mol. The average Bonchev–Trinajstić information content (AvgIpc) is 3.31. The van der Waals surface area contributed by atoms with E-state index in [-0.39, 0.29) is 17.5 Å². The van der Waals surface area contributed by atoms with Crippen molar-refractivity contribution in [2.75, 3.05) is 31.5 Å². The second-order valence-electron chi connectivity index (χ2n) is 8.13. The van der Waals surface area contributed by atoms with Gasteiger partial charge in [0.05, 0.1) is 12.0 Å². The largest absolute Gasteiger partial charge is 0.459 e. The van der Waals surface area contributed by atoms with Crippen molar-refractivity contribution in [3.05, 3.63) is 65.0 Å². The molecule has 0 radical (unpaired) electrons. The van der Waals surface area contributed by atoms with Crippen LogP contribution in [0.15, 0.2) is 58.1 Å². The summed E-state index contributed by atoms with van der Waals surface area (Å²) in [6.45, 7) is 6.36. The van der Waals surface area contributed by atoms with Crippen LogP contribution in [0.3, 0.4) is 0 Å². The van der Waals surface area contributed by atoms with Crippen LogP contribution in [0.5, 0.6) is 0 Å². The van der Waals surface area contributed by atoms with Gasteiger partial charge >= 0.3 is 6.03 Å². The second kappa shape index (κ2) is 8.67. The minimum absolute atomic E-state index is 0.0626. The summed E-state index contributed by atoms with van der Waals surface area (Å²) in [6, 6.07) is 10.4. The molecule has 162 valence electrons. The molecule has 1 aliphatic rings. The summed E-state index contributed by atoms with van der Waals surface area (Å²) in [5.41, 5.74) is 0.544. The molecular formula is C23H26N4O4. The molecule has 8 nitrogen and oxygen atoms in total. The van der Waals surface area contributed by atoms with Crippen molar-refractivity contribution in [1.82, 2.24) is 14.4 Å². The fourth-order valence-corrected chi connectivity index (χ4v) is 3.83. The Labute approximate surface area is 180 Å². The number of nitrogens with one attached hydrogen (secondary N) is 1. The van der Waals surface area contributed by atoms with Crippen LogP contribution in [0.1, 0.15) is 24.4 Å². The van der Waals surface area contributed by atoms with E-state index in [9.17, 15) is 14.4 Å². The molecule has 8 heteroatoms. The van der Waals surface area contributed by atoms with Gasteiger partial charge in [0.2, 0.25) is 0 Å². The number of fused-ring (bicyclic) bond motifs is 1. The Morgan fingerprint density at radius 1 is 1.00 bits per heavy atom. The number of rotatable bonds is 4. The summed E-state index contributed by atoms with van der Waals surface area (Å²) in [5.74, 6) is 0.427. The summed E-state index contributed by atoms with van der Waals surface area (Å²) in [4.78, 5) is 41.5. The van der Waals surface area contributed by atoms with E-state index in [1.54, 1.807) is 38.8 Å². The van der Waals surface area contributed by atoms with Crippen molar-refractivity contribution >= 4 is 28.4 Å². The number of urea groups is 1. The number of amides is 3. The Kier molecular flexibility index (Phi) is 5.79. The molecule has 2 aromatic heterocycles. The van der Waals surface area contributed by atoms with E-state index < -0.39 is 0 Å². The molecule has 0 bridgehead atoms. The molecule has 4 rings (SSSR count). The van der Waals surface area contributed by atoms with Crippen LogP contribution in [0.2, 0.25) is 0 Å². The van der Waals surface area contributed by atoms with E-state index in [0.717, 1.165) is 0 Å². The van der Waals surface area contributed by atoms with Gasteiger partial charge in [-0.15, -0.1) is 0 Å². The third-order valence-electron chi connectivity index (χ3n) is 5.38. The summed E-state index contributed by atoms with van der Waals surface area (Å²) in [5, 5.41) is 4.27. The van der Waals surface area contributed by atoms with Crippen LogP contribution in [0, 0.1) is 5.92 Å². The Morgan fingerprint density at radius 2 is 1.68 bits per heavy atom. The molecule has 1 fully saturated rings. The normalized spacial score (nSPS) is 14.3. The van der Waals surface area contributed by atoms with Crippen molar-refractivity contribution in [1.29, 1.82) is 0 Å². The van der Waals surface area contributed by atoms with Crippen molar-refractivity contribution in [2.45, 2.75) is 20.4 Å². The van der Waals surface area contributed by atoms with Crippen LogP contribution in [-0.4, -0.2) is 52.5 Å². The van der Waals surface area contributed by atoms with Crippen molar-refractivity contribution in [2.24, 2.45) is 5.92 Å². The van der Waals surface area contributed by atoms with Crippen molar-refractivity contribution in [3.63, 3.8) is 0 Å². The molecule has 1 aliphatic heterocycles. The van der Waals surface area contributed by atoms with Gasteiger partial charge in [-0.05, 0) is 24.1 Å². The van der Waals surface area contributed by atoms with Gasteiger partial charge in [-0.1, -0.05) is 32.0 Å². The van der Waals surface area contributed by atoms with Gasteiger partial charge < -0.3 is 24.1 Å². The zero-order chi connectivity index (χ0) is 22.0. The topological polar surface area (TPSA) is 87.8 Å². The van der Waals surface area contributed by atoms with Gasteiger partial charge in [0.25, 0.3) is 11.5 Å². The molecule has 0 spiro atoms. The van der Waals surface area contributed by atoms with E-state index in [1.165, 1.54) is 6.26 Å². The number of carbonyl (C=O) groups is 2. The third kappa shape index (κ3) is 4.33. The highest BCUT2D eigenvalue weighted by Gasteiger charge is 2.26. The standard InChI is InChI=1S/C23H26N4O4/c1-16(2)14-27-15-19(17-6-3-4-7-18(17)21(27)28)24-23(30)26-11-9-25(10-12-26)22(29)20-8-5-13-31-20/h3-8,13,15-16H,9-12,14H2,1-2H3,(H,24,30). The highest BCUT2D eigenvalue weighted by Crippen LogP contribution is 2.22. The zero-order valence-electron chi connectivity index (χ0n) is 17.7. The van der Waals surface area contributed by atoms with E-state index in [2.05, 4.69) is 5.32 Å². The number of hydrogen-bond donors (Lipinski definition) is 1. The minimum Gasteiger partial charge on any atom is -0.459 e. The average molecular weight is 422 g/mol. The third-order valence-corrected chi connectivity index (χ3v) is 5.38. The van der Waals surface area contributed by atoms with Crippen molar-refractivity contribution in [3.8, 4) is 0 Å². The predicted molar refractivity (Wildman–Crippen MR) is 118 cm³/mol. The number of pyridine rings is 1. The number of hydrogen-bond acceptors (Lipinski definition) is 4. The SMILES string of the molecule is CC(C)Cn1cc(NC(=O)N2CCN(C(=O)c3ccco3)CC2)c2ccccc2c1=O. The molecular weight excluding hydrogens is 396 g/mol. The Bertz CT molecular complexity index is 1140. The number of furan rings is 1. The molecule has 3 heterocycles. The number of carbonyl (C=O) groups excluding carboxylic acids is 2. The molecule has 0 aliphatic carbocycles. The lowest BCUT2D eigenvalue weighted by Gasteiger charge is -2.34. The molecule has 1 aromatic carbocycles. The first-order chi connectivity index (χ1) is 14.9. The van der Waals surface area contributed by atoms with E-state index in [0.29, 0.717) is 60.9 Å². The minimum atomic E-state index is -0.245. The Morgan fingerprint density at radius 3 is 2.32 bits per heavy atom. The van der Waals surface area contributed by atoms with Crippen LogP contribution in [-0.2, 0) is 6.54 Å². The smallest absolute Gasteiger partial charge is 0.322 e. The summed E-state index contributed by atoms with van der Waals surface area (Å²) in [7, 11) is 0. The van der Waals surface area contributed by atoms with Gasteiger partial charge in [-0.3, -0.25) is 9.59 Å². The molecule has 0 unspecified atom stereocenters. The number of benzene rings is 1. The Balaban J connectivity index is 1.49. The zero-order valence-corrected chi connectivity index (χ0v) is 17.7. The lowest BCUT2D eigenvalue weighted by molar-refractivity contribution is 0.0640. The number of nitrogens with zero attached hydrogens (tertiary/aromatic N) is 3. The molecule has 1 N–H and O–H groups in total. The summed E-state index contributed by atoms with van der Waals surface area (Å²) < 4.78 is 6.83. The van der Waals surface area contributed by atoms with Crippen LogP contribution in [0.25, 0.3) is 10.8 Å². The molecule has 31 heavy (non-hydrogen) atoms. The van der Waals surface area contributed by atoms with E-state index in [4.69, 9.17) is 4.42 Å². The second-order valence-corrected chi connectivity index (χ2v) is 8.13. The molecule has 3 amide bonds. The maximum atomic E-state index is 12.9. The van der Waals surface area contributed by atoms with E-state index >= 15 is 0 Å². The first-order valence-corrected chi connectivity index (χ1v) is 10.4. The predicted octanol–water partition coefficient (Wildman–Crippen LogP) is 3.24. The van der Waals surface area contributed by atoms with Crippen molar-refractivity contribution < 1.29 is 14.0 Å². The van der Waals surface area contributed by atoms with Gasteiger partial charge in [0.1, 0.15) is 0 Å². The van der Waals surface area contributed by atoms with Crippen LogP contribution >= 0.6 is 0 Å². The number of piperazine rings is 1. The fourth-order valence-electron chi connectivity index (χ4n) is 3.83. The molecule has 0 saturated carbocycles. The maximum Gasteiger partial charge on any atom is 0.322 e. The van der Waals surface area contributed by atoms with Crippen LogP contribution in [0.4, 0.5) is 10.5 Å². The quantitative estimate of drug-likeness (QED) is 0.699.